The van der Waals surface area contributed by atoms with Crippen molar-refractivity contribution in [1.29, 1.82) is 0 Å². The Bertz CT molecular complexity index is 851. The van der Waals surface area contributed by atoms with Gasteiger partial charge in [-0.3, -0.25) is 9.55 Å². The van der Waals surface area contributed by atoms with E-state index in [9.17, 15) is 0 Å². The zero-order valence-corrected chi connectivity index (χ0v) is 15.9. The second-order valence-corrected chi connectivity index (χ2v) is 7.78. The summed E-state index contributed by atoms with van der Waals surface area (Å²) in [7, 11) is 0. The topological polar surface area (TPSA) is 52.8 Å². The van der Waals surface area contributed by atoms with Gasteiger partial charge in [-0.1, -0.05) is 33.8 Å². The van der Waals surface area contributed by atoms with E-state index < -0.39 is 0 Å². The molecule has 0 saturated heterocycles. The van der Waals surface area contributed by atoms with Crippen molar-refractivity contribution in [2.24, 2.45) is 0 Å². The minimum absolute atomic E-state index is 0.520. The number of hydrogen-bond acceptors (Lipinski definition) is 5. The lowest BCUT2D eigenvalue weighted by Gasteiger charge is -2.09. The summed E-state index contributed by atoms with van der Waals surface area (Å²) in [6.07, 6.45) is 5.97. The Hall–Kier alpha value is -1.86. The predicted molar refractivity (Wildman–Crippen MR) is 102 cm³/mol. The first-order chi connectivity index (χ1) is 12.3. The van der Waals surface area contributed by atoms with Gasteiger partial charge < -0.3 is 4.74 Å². The Kier molecular flexibility index (Phi) is 5.03. The van der Waals surface area contributed by atoms with Gasteiger partial charge in [0, 0.05) is 34.2 Å². The smallest absolute Gasteiger partial charge is 0.191 e. The molecule has 0 aliphatic heterocycles. The van der Waals surface area contributed by atoms with Gasteiger partial charge in [-0.25, -0.2) is 0 Å². The fourth-order valence-electron chi connectivity index (χ4n) is 2.58. The van der Waals surface area contributed by atoms with Crippen LogP contribution in [0.15, 0.2) is 58.4 Å². The highest BCUT2D eigenvalue weighted by atomic mass is 79.9. The van der Waals surface area contributed by atoms with Gasteiger partial charge in [0.2, 0.25) is 0 Å². The average Bonchev–Trinajstić information content (AvgIpc) is 3.39. The molecule has 2 heterocycles. The van der Waals surface area contributed by atoms with Gasteiger partial charge in [0.15, 0.2) is 11.0 Å². The largest absolute Gasteiger partial charge is 0.493 e. The number of thioether (sulfide) groups is 1. The van der Waals surface area contributed by atoms with E-state index in [2.05, 4.69) is 35.7 Å². The summed E-state index contributed by atoms with van der Waals surface area (Å²) >= 11 is 5.15. The number of aromatic nitrogens is 4. The van der Waals surface area contributed by atoms with Gasteiger partial charge in [-0.2, -0.15) is 0 Å². The lowest BCUT2D eigenvalue weighted by Crippen LogP contribution is -2.03. The number of halogens is 1. The Labute approximate surface area is 159 Å². The van der Waals surface area contributed by atoms with Gasteiger partial charge in [0.25, 0.3) is 0 Å². The molecular weight excluding hydrogens is 400 g/mol. The van der Waals surface area contributed by atoms with Crippen LogP contribution in [0.25, 0.3) is 11.4 Å². The summed E-state index contributed by atoms with van der Waals surface area (Å²) in [4.78, 5) is 4.08. The lowest BCUT2D eigenvalue weighted by molar-refractivity contribution is 0.343. The van der Waals surface area contributed by atoms with Gasteiger partial charge in [0.1, 0.15) is 5.75 Å². The highest BCUT2D eigenvalue weighted by molar-refractivity contribution is 9.10. The zero-order valence-electron chi connectivity index (χ0n) is 13.5. The van der Waals surface area contributed by atoms with Crippen molar-refractivity contribution < 1.29 is 4.74 Å². The molecule has 0 spiro atoms. The van der Waals surface area contributed by atoms with Crippen molar-refractivity contribution >= 4 is 27.7 Å². The maximum atomic E-state index is 5.80. The van der Waals surface area contributed by atoms with E-state index in [1.165, 1.54) is 12.8 Å². The van der Waals surface area contributed by atoms with E-state index in [4.69, 9.17) is 4.74 Å². The number of ether oxygens (including phenoxy) is 1. The second-order valence-electron chi connectivity index (χ2n) is 5.80. The van der Waals surface area contributed by atoms with E-state index in [0.29, 0.717) is 12.6 Å². The van der Waals surface area contributed by atoms with E-state index in [0.717, 1.165) is 32.5 Å². The molecule has 1 saturated carbocycles. The molecule has 7 heteroatoms. The minimum atomic E-state index is 0.520. The van der Waals surface area contributed by atoms with Crippen LogP contribution in [-0.2, 0) is 0 Å². The van der Waals surface area contributed by atoms with Crippen molar-refractivity contribution in [2.45, 2.75) is 24.0 Å². The molecule has 2 aromatic heterocycles. The molecule has 0 bridgehead atoms. The molecule has 25 heavy (non-hydrogen) atoms. The highest BCUT2D eigenvalue weighted by Crippen LogP contribution is 2.40. The third-order valence-corrected chi connectivity index (χ3v) is 5.29. The van der Waals surface area contributed by atoms with Gasteiger partial charge in [-0.05, 0) is 43.2 Å². The molecule has 0 radical (unpaired) electrons. The molecule has 0 atom stereocenters. The zero-order chi connectivity index (χ0) is 17.1. The van der Waals surface area contributed by atoms with Crippen LogP contribution in [0.4, 0.5) is 0 Å². The molecular formula is C18H17BrN4OS. The number of rotatable bonds is 7. The Morgan fingerprint density at radius 3 is 2.76 bits per heavy atom. The maximum absolute atomic E-state index is 5.80. The van der Waals surface area contributed by atoms with Gasteiger partial charge in [0.05, 0.1) is 6.61 Å². The summed E-state index contributed by atoms with van der Waals surface area (Å²) in [5.41, 5.74) is 1.06. The Morgan fingerprint density at radius 1 is 1.16 bits per heavy atom. The SMILES string of the molecule is Brc1cccc(OCCSc2nnc(-c3ccncc3)n2C2CC2)c1. The van der Waals surface area contributed by atoms with Gasteiger partial charge in [-0.15, -0.1) is 10.2 Å². The van der Waals surface area contributed by atoms with E-state index in [1.807, 2.05) is 36.4 Å². The standard InChI is InChI=1S/C18H17BrN4OS/c19-14-2-1-3-16(12-14)24-10-11-25-18-22-21-17(23(18)15-4-5-15)13-6-8-20-9-7-13/h1-3,6-9,12,15H,4-5,10-11H2. The summed E-state index contributed by atoms with van der Waals surface area (Å²) in [6, 6.07) is 12.4. The predicted octanol–water partition coefficient (Wildman–Crippen LogP) is 4.61. The fourth-order valence-corrected chi connectivity index (χ4v) is 3.79. The van der Waals surface area contributed by atoms with Crippen molar-refractivity contribution in [3.05, 3.63) is 53.3 Å². The number of nitrogens with zero attached hydrogens (tertiary/aromatic N) is 4. The first kappa shape index (κ1) is 16.6. The van der Waals surface area contributed by atoms with Crippen LogP contribution in [0.1, 0.15) is 18.9 Å². The quantitative estimate of drug-likeness (QED) is 0.415. The summed E-state index contributed by atoms with van der Waals surface area (Å²) in [6.45, 7) is 0.628. The van der Waals surface area contributed by atoms with Crippen LogP contribution in [0.5, 0.6) is 5.75 Å². The van der Waals surface area contributed by atoms with E-state index >= 15 is 0 Å². The molecule has 128 valence electrons. The summed E-state index contributed by atoms with van der Waals surface area (Å²) in [5, 5.41) is 9.78. The van der Waals surface area contributed by atoms with E-state index in [1.54, 1.807) is 24.2 Å². The first-order valence-corrected chi connectivity index (χ1v) is 9.95. The molecule has 1 aliphatic carbocycles. The maximum Gasteiger partial charge on any atom is 0.191 e. The molecule has 0 N–H and O–H groups in total. The van der Waals surface area contributed by atoms with Crippen LogP contribution in [0, 0.1) is 0 Å². The van der Waals surface area contributed by atoms with Crippen molar-refractivity contribution in [3.8, 4) is 17.1 Å². The highest BCUT2D eigenvalue weighted by Gasteiger charge is 2.30. The molecule has 1 aromatic carbocycles. The first-order valence-electron chi connectivity index (χ1n) is 8.18. The summed E-state index contributed by atoms with van der Waals surface area (Å²) < 4.78 is 9.08. The number of hydrogen-bond donors (Lipinski definition) is 0. The van der Waals surface area contributed by atoms with Crippen LogP contribution in [-0.4, -0.2) is 32.1 Å². The lowest BCUT2D eigenvalue weighted by atomic mass is 10.2. The van der Waals surface area contributed by atoms with Crippen molar-refractivity contribution in [3.63, 3.8) is 0 Å². The average molecular weight is 417 g/mol. The Balaban J connectivity index is 1.42. The molecule has 1 fully saturated rings. The number of pyridine rings is 1. The third-order valence-electron chi connectivity index (χ3n) is 3.89. The molecule has 1 aliphatic rings. The van der Waals surface area contributed by atoms with E-state index in [-0.39, 0.29) is 0 Å². The Morgan fingerprint density at radius 2 is 2.00 bits per heavy atom. The molecule has 3 aromatic rings. The van der Waals surface area contributed by atoms with Crippen LogP contribution < -0.4 is 4.74 Å². The monoisotopic (exact) mass is 416 g/mol. The van der Waals surface area contributed by atoms with Crippen LogP contribution in [0.2, 0.25) is 0 Å². The minimum Gasteiger partial charge on any atom is -0.493 e. The molecule has 0 unspecified atom stereocenters. The number of benzene rings is 1. The molecule has 4 rings (SSSR count). The van der Waals surface area contributed by atoms with Crippen LogP contribution in [0.3, 0.4) is 0 Å². The van der Waals surface area contributed by atoms with Gasteiger partial charge >= 0.3 is 0 Å². The van der Waals surface area contributed by atoms with Crippen molar-refractivity contribution in [1.82, 2.24) is 19.7 Å². The normalized spacial score (nSPS) is 13.8. The second kappa shape index (κ2) is 7.58. The van der Waals surface area contributed by atoms with Crippen molar-refractivity contribution in [2.75, 3.05) is 12.4 Å². The molecule has 0 amide bonds. The summed E-state index contributed by atoms with van der Waals surface area (Å²) in [5.74, 6) is 2.63. The fraction of sp³-hybridized carbons (Fsp3) is 0.278. The van der Waals surface area contributed by atoms with Crippen LogP contribution >= 0.6 is 27.7 Å². The molecule has 5 nitrogen and oxygen atoms in total. The third kappa shape index (κ3) is 4.04.